The Labute approximate surface area is 136 Å². The summed E-state index contributed by atoms with van der Waals surface area (Å²) in [6, 6.07) is 1.26. The Hall–Kier alpha value is -1.22. The van der Waals surface area contributed by atoms with Gasteiger partial charge in [0.05, 0.1) is 12.7 Å². The summed E-state index contributed by atoms with van der Waals surface area (Å²) in [5.41, 5.74) is -0.997. The summed E-state index contributed by atoms with van der Waals surface area (Å²) in [5, 5.41) is 10.3. The highest BCUT2D eigenvalue weighted by atomic mass is 28.4. The number of ether oxygens (including phenoxy) is 1. The Morgan fingerprint density at radius 1 is 1.43 bits per heavy atom. The first-order chi connectivity index (χ1) is 10.5. The minimum Gasteiger partial charge on any atom is -0.414 e. The normalized spacial score (nSPS) is 25.7. The molecule has 0 spiro atoms. The highest BCUT2D eigenvalue weighted by molar-refractivity contribution is 6.74. The molecule has 1 aromatic heterocycles. The highest BCUT2D eigenvalue weighted by Crippen LogP contribution is 2.37. The number of nitrogens with zero attached hydrogens (tertiary/aromatic N) is 1. The molecule has 1 fully saturated rings. The maximum Gasteiger partial charge on any atom is 0.330 e. The molecular formula is C15H26N2O5Si. The van der Waals surface area contributed by atoms with Gasteiger partial charge < -0.3 is 14.3 Å². The summed E-state index contributed by atoms with van der Waals surface area (Å²) in [5.74, 6) is 0. The summed E-state index contributed by atoms with van der Waals surface area (Å²) in [6.45, 7) is 11.0. The number of nitrogens with one attached hydrogen (secondary N) is 1. The third-order valence-electron chi connectivity index (χ3n) is 4.78. The average Bonchev–Trinajstić information content (AvgIpc) is 2.76. The van der Waals surface area contributed by atoms with E-state index < -0.39 is 38.0 Å². The molecule has 0 aliphatic carbocycles. The van der Waals surface area contributed by atoms with E-state index in [1.54, 1.807) is 0 Å². The molecule has 8 heteroatoms. The fraction of sp³-hybridized carbons (Fsp3) is 0.733. The molecule has 1 saturated heterocycles. The molecule has 2 N–H and O–H groups in total. The number of aliphatic hydroxyl groups is 1. The fourth-order valence-electron chi connectivity index (χ4n) is 2.20. The first-order valence-corrected chi connectivity index (χ1v) is 10.7. The molecule has 0 amide bonds. The van der Waals surface area contributed by atoms with Gasteiger partial charge in [-0.25, -0.2) is 4.79 Å². The lowest BCUT2D eigenvalue weighted by Gasteiger charge is -2.37. The molecule has 0 bridgehead atoms. The average molecular weight is 342 g/mol. The highest BCUT2D eigenvalue weighted by Gasteiger charge is 2.41. The molecular weight excluding hydrogens is 316 g/mol. The van der Waals surface area contributed by atoms with Gasteiger partial charge in [-0.1, -0.05) is 20.8 Å². The summed E-state index contributed by atoms with van der Waals surface area (Å²) >= 11 is 0. The van der Waals surface area contributed by atoms with Gasteiger partial charge in [0, 0.05) is 18.7 Å². The first-order valence-electron chi connectivity index (χ1n) is 7.80. The molecule has 0 aromatic carbocycles. The van der Waals surface area contributed by atoms with E-state index in [2.05, 4.69) is 38.8 Å². The van der Waals surface area contributed by atoms with Crippen LogP contribution in [-0.2, 0) is 9.16 Å². The quantitative estimate of drug-likeness (QED) is 0.802. The Kier molecular flexibility index (Phi) is 5.00. The molecule has 2 heterocycles. The maximum absolute atomic E-state index is 11.8. The minimum absolute atomic E-state index is 0.0752. The van der Waals surface area contributed by atoms with E-state index >= 15 is 0 Å². The van der Waals surface area contributed by atoms with Crippen LogP contribution in [0.3, 0.4) is 0 Å². The fourth-order valence-corrected chi connectivity index (χ4v) is 3.21. The lowest BCUT2D eigenvalue weighted by molar-refractivity contribution is -0.0432. The largest absolute Gasteiger partial charge is 0.414 e. The zero-order valence-corrected chi connectivity index (χ0v) is 15.3. The maximum atomic E-state index is 11.8. The summed E-state index contributed by atoms with van der Waals surface area (Å²) in [4.78, 5) is 25.1. The SMILES string of the molecule is CC(C)(C)[Si](C)(C)OCC1OC(n2ccc(=O)[nH]c2=O)CC1O. The zero-order chi connectivity index (χ0) is 17.4. The van der Waals surface area contributed by atoms with Crippen molar-refractivity contribution in [3.63, 3.8) is 0 Å². The van der Waals surface area contributed by atoms with Crippen LogP contribution in [0.5, 0.6) is 0 Å². The summed E-state index contributed by atoms with van der Waals surface area (Å²) in [6.07, 6.45) is -0.105. The van der Waals surface area contributed by atoms with Crippen LogP contribution in [0.15, 0.2) is 21.9 Å². The molecule has 0 radical (unpaired) electrons. The van der Waals surface area contributed by atoms with Gasteiger partial charge in [0.25, 0.3) is 5.56 Å². The standard InChI is InChI=1S/C15H26N2O5Si/c1-15(2,3)23(4,5)21-9-11-10(18)8-13(22-11)17-7-6-12(19)16-14(17)20/h6-7,10-11,13,18H,8-9H2,1-5H3,(H,16,19,20). The van der Waals surface area contributed by atoms with Gasteiger partial charge in [-0.15, -0.1) is 0 Å². The topological polar surface area (TPSA) is 93.5 Å². The second-order valence-corrected chi connectivity index (χ2v) is 12.3. The number of hydrogen-bond acceptors (Lipinski definition) is 5. The second kappa shape index (κ2) is 6.35. The molecule has 0 saturated carbocycles. The summed E-state index contributed by atoms with van der Waals surface area (Å²) in [7, 11) is -1.93. The molecule has 23 heavy (non-hydrogen) atoms. The first kappa shape index (κ1) is 18.1. The van der Waals surface area contributed by atoms with Crippen molar-refractivity contribution >= 4 is 8.32 Å². The predicted octanol–water partition coefficient (Wildman–Crippen LogP) is 1.21. The molecule has 130 valence electrons. The minimum atomic E-state index is -1.93. The van der Waals surface area contributed by atoms with Crippen LogP contribution in [-0.4, -0.2) is 41.8 Å². The van der Waals surface area contributed by atoms with Crippen molar-refractivity contribution in [2.45, 2.75) is 63.8 Å². The van der Waals surface area contributed by atoms with Crippen LogP contribution >= 0.6 is 0 Å². The van der Waals surface area contributed by atoms with Gasteiger partial charge in [-0.3, -0.25) is 14.3 Å². The third kappa shape index (κ3) is 4.00. The monoisotopic (exact) mass is 342 g/mol. The van der Waals surface area contributed by atoms with Crippen molar-refractivity contribution in [1.29, 1.82) is 0 Å². The number of aliphatic hydroxyl groups excluding tert-OH is 1. The van der Waals surface area contributed by atoms with E-state index in [0.717, 1.165) is 0 Å². The lowest BCUT2D eigenvalue weighted by Crippen LogP contribution is -2.43. The van der Waals surface area contributed by atoms with E-state index in [-0.39, 0.29) is 11.5 Å². The number of aromatic nitrogens is 2. The Bertz CT molecular complexity index is 661. The van der Waals surface area contributed by atoms with Crippen molar-refractivity contribution in [3.8, 4) is 0 Å². The third-order valence-corrected chi connectivity index (χ3v) is 9.28. The van der Waals surface area contributed by atoms with Crippen molar-refractivity contribution in [2.24, 2.45) is 0 Å². The van der Waals surface area contributed by atoms with E-state index in [1.165, 1.54) is 16.8 Å². The number of H-pyrrole nitrogens is 1. The van der Waals surface area contributed by atoms with Crippen LogP contribution < -0.4 is 11.2 Å². The van der Waals surface area contributed by atoms with Crippen LogP contribution in [0.25, 0.3) is 0 Å². The predicted molar refractivity (Wildman–Crippen MR) is 89.0 cm³/mol. The number of hydrogen-bond donors (Lipinski definition) is 2. The zero-order valence-electron chi connectivity index (χ0n) is 14.3. The lowest BCUT2D eigenvalue weighted by atomic mass is 10.2. The van der Waals surface area contributed by atoms with Gasteiger partial charge in [0.2, 0.25) is 0 Å². The van der Waals surface area contributed by atoms with E-state index in [0.29, 0.717) is 6.61 Å². The molecule has 7 nitrogen and oxygen atoms in total. The summed E-state index contributed by atoms with van der Waals surface area (Å²) < 4.78 is 13.2. The van der Waals surface area contributed by atoms with Gasteiger partial charge in [0.1, 0.15) is 12.3 Å². The Morgan fingerprint density at radius 2 is 2.09 bits per heavy atom. The van der Waals surface area contributed by atoms with Gasteiger partial charge in [-0.2, -0.15) is 0 Å². The number of aromatic amines is 1. The smallest absolute Gasteiger partial charge is 0.330 e. The van der Waals surface area contributed by atoms with Gasteiger partial charge >= 0.3 is 5.69 Å². The van der Waals surface area contributed by atoms with Crippen molar-refractivity contribution in [3.05, 3.63) is 33.1 Å². The van der Waals surface area contributed by atoms with E-state index in [4.69, 9.17) is 9.16 Å². The molecule has 3 unspecified atom stereocenters. The van der Waals surface area contributed by atoms with Crippen LogP contribution in [0.2, 0.25) is 18.1 Å². The Balaban J connectivity index is 2.04. The van der Waals surface area contributed by atoms with Crippen LogP contribution in [0, 0.1) is 0 Å². The van der Waals surface area contributed by atoms with Gasteiger partial charge in [-0.05, 0) is 18.1 Å². The van der Waals surface area contributed by atoms with Gasteiger partial charge in [0.15, 0.2) is 8.32 Å². The molecule has 1 aromatic rings. The van der Waals surface area contributed by atoms with Crippen molar-refractivity contribution < 1.29 is 14.3 Å². The van der Waals surface area contributed by atoms with Crippen LogP contribution in [0.1, 0.15) is 33.4 Å². The van der Waals surface area contributed by atoms with E-state index in [1.807, 2.05) is 0 Å². The van der Waals surface area contributed by atoms with E-state index in [9.17, 15) is 14.7 Å². The molecule has 1 aliphatic heterocycles. The molecule has 3 atom stereocenters. The van der Waals surface area contributed by atoms with Crippen molar-refractivity contribution in [1.82, 2.24) is 9.55 Å². The number of rotatable bonds is 4. The Morgan fingerprint density at radius 3 is 2.65 bits per heavy atom. The van der Waals surface area contributed by atoms with Crippen molar-refractivity contribution in [2.75, 3.05) is 6.61 Å². The molecule has 2 rings (SSSR count). The second-order valence-electron chi connectivity index (χ2n) is 7.52. The molecule has 1 aliphatic rings. The van der Waals surface area contributed by atoms with Crippen LogP contribution in [0.4, 0.5) is 0 Å².